The molecule has 0 radical (unpaired) electrons. The molecule has 0 fully saturated rings. The maximum atomic E-state index is 13.4. The molecular weight excluding hydrogens is 374 g/mol. The average molecular weight is 395 g/mol. The molecule has 0 N–H and O–H groups in total. The second-order valence-electron chi connectivity index (χ2n) is 7.30. The lowest BCUT2D eigenvalue weighted by atomic mass is 10.0. The summed E-state index contributed by atoms with van der Waals surface area (Å²) in [6.07, 6.45) is 0. The number of fused-ring (bicyclic) bond motifs is 1. The zero-order chi connectivity index (χ0) is 21.3. The molecule has 0 unspecified atom stereocenters. The normalized spacial score (nSPS) is 10.7. The van der Waals surface area contributed by atoms with E-state index in [0.717, 1.165) is 27.9 Å². The predicted molar refractivity (Wildman–Crippen MR) is 116 cm³/mol. The maximum absolute atomic E-state index is 13.4. The Bertz CT molecular complexity index is 1270. The number of nitrogens with zero attached hydrogens (tertiary/aromatic N) is 5. The summed E-state index contributed by atoms with van der Waals surface area (Å²) < 4.78 is 1.72. The predicted octanol–water partition coefficient (Wildman–Crippen LogP) is 4.09. The first-order valence-corrected chi connectivity index (χ1v) is 9.62. The Morgan fingerprint density at radius 1 is 1.13 bits per heavy atom. The Labute approximate surface area is 175 Å². The summed E-state index contributed by atoms with van der Waals surface area (Å²) in [5.74, 6) is -0.0972. The molecule has 0 atom stereocenters. The largest absolute Gasteiger partial charge is 0.337 e. The number of nitriles is 1. The third-order valence-electron chi connectivity index (χ3n) is 5.12. The van der Waals surface area contributed by atoms with Crippen molar-refractivity contribution in [2.24, 2.45) is 7.05 Å². The van der Waals surface area contributed by atoms with Crippen molar-refractivity contribution >= 4 is 16.9 Å². The summed E-state index contributed by atoms with van der Waals surface area (Å²) in [6, 6.07) is 21.0. The van der Waals surface area contributed by atoms with Crippen LogP contribution in [0.4, 0.5) is 0 Å². The van der Waals surface area contributed by atoms with E-state index >= 15 is 0 Å². The molecule has 6 nitrogen and oxygen atoms in total. The van der Waals surface area contributed by atoms with Crippen LogP contribution < -0.4 is 0 Å². The molecule has 4 rings (SSSR count). The van der Waals surface area contributed by atoms with Gasteiger partial charge in [0.2, 0.25) is 0 Å². The SMILES string of the molecule is Cc1nn(C)c2nc(-c3ccccc3)cc(C(=O)N(C)Cc3ccc(C#N)cc3)c12. The summed E-state index contributed by atoms with van der Waals surface area (Å²) in [6.45, 7) is 2.33. The highest BCUT2D eigenvalue weighted by Crippen LogP contribution is 2.27. The standard InChI is InChI=1S/C24H21N5O/c1-16-22-20(24(30)28(2)15-18-11-9-17(14-25)10-12-18)13-21(19-7-5-4-6-8-19)26-23(22)29(3)27-16/h4-13H,15H2,1-3H3. The van der Waals surface area contributed by atoms with Gasteiger partial charge in [-0.05, 0) is 30.7 Å². The second kappa shape index (κ2) is 7.80. The van der Waals surface area contributed by atoms with E-state index in [9.17, 15) is 4.79 Å². The Morgan fingerprint density at radius 2 is 1.83 bits per heavy atom. The van der Waals surface area contributed by atoms with E-state index in [1.807, 2.05) is 62.5 Å². The van der Waals surface area contributed by atoms with Crippen molar-refractivity contribution in [3.63, 3.8) is 0 Å². The van der Waals surface area contributed by atoms with Crippen molar-refractivity contribution in [1.29, 1.82) is 5.26 Å². The number of carbonyl (C=O) groups is 1. The third kappa shape index (κ3) is 3.53. The second-order valence-corrected chi connectivity index (χ2v) is 7.30. The number of benzene rings is 2. The van der Waals surface area contributed by atoms with Crippen molar-refractivity contribution in [1.82, 2.24) is 19.7 Å². The molecule has 0 saturated heterocycles. The smallest absolute Gasteiger partial charge is 0.254 e. The number of aryl methyl sites for hydroxylation is 2. The Hall–Kier alpha value is -3.98. The van der Waals surface area contributed by atoms with E-state index < -0.39 is 0 Å². The van der Waals surface area contributed by atoms with E-state index in [0.29, 0.717) is 23.3 Å². The van der Waals surface area contributed by atoms with Gasteiger partial charge in [-0.25, -0.2) is 4.98 Å². The molecule has 0 aliphatic rings. The molecular formula is C24H21N5O. The first kappa shape index (κ1) is 19.3. The van der Waals surface area contributed by atoms with Crippen molar-refractivity contribution < 1.29 is 4.79 Å². The summed E-state index contributed by atoms with van der Waals surface area (Å²) in [5.41, 5.74) is 5.28. The van der Waals surface area contributed by atoms with Gasteiger partial charge in [0.05, 0.1) is 34.0 Å². The van der Waals surface area contributed by atoms with Gasteiger partial charge in [-0.1, -0.05) is 42.5 Å². The highest BCUT2D eigenvalue weighted by Gasteiger charge is 2.21. The molecule has 4 aromatic rings. The van der Waals surface area contributed by atoms with Crippen LogP contribution in [0, 0.1) is 18.3 Å². The number of rotatable bonds is 4. The molecule has 2 heterocycles. The fourth-order valence-corrected chi connectivity index (χ4v) is 3.61. The fraction of sp³-hybridized carbons (Fsp3) is 0.167. The van der Waals surface area contributed by atoms with Crippen LogP contribution in [0.1, 0.15) is 27.2 Å². The Morgan fingerprint density at radius 3 is 2.50 bits per heavy atom. The van der Waals surface area contributed by atoms with Gasteiger partial charge in [0.1, 0.15) is 0 Å². The molecule has 30 heavy (non-hydrogen) atoms. The molecule has 6 heteroatoms. The van der Waals surface area contributed by atoms with Crippen molar-refractivity contribution in [2.45, 2.75) is 13.5 Å². The van der Waals surface area contributed by atoms with Gasteiger partial charge in [-0.3, -0.25) is 9.48 Å². The van der Waals surface area contributed by atoms with Gasteiger partial charge in [0, 0.05) is 26.2 Å². The number of pyridine rings is 1. The lowest BCUT2D eigenvalue weighted by Crippen LogP contribution is -2.26. The van der Waals surface area contributed by atoms with Crippen LogP contribution in [0.15, 0.2) is 60.7 Å². The first-order valence-electron chi connectivity index (χ1n) is 9.62. The minimum absolute atomic E-state index is 0.0972. The molecule has 2 aromatic heterocycles. The summed E-state index contributed by atoms with van der Waals surface area (Å²) in [5, 5.41) is 14.2. The number of carbonyl (C=O) groups excluding carboxylic acids is 1. The number of hydrogen-bond donors (Lipinski definition) is 0. The van der Waals surface area contributed by atoms with E-state index in [1.54, 1.807) is 28.8 Å². The van der Waals surface area contributed by atoms with Crippen molar-refractivity contribution in [2.75, 3.05) is 7.05 Å². The quantitative estimate of drug-likeness (QED) is 0.522. The average Bonchev–Trinajstić information content (AvgIpc) is 3.07. The van der Waals surface area contributed by atoms with Gasteiger partial charge >= 0.3 is 0 Å². The molecule has 1 amide bonds. The van der Waals surface area contributed by atoms with Crippen molar-refractivity contribution in [3.05, 3.63) is 83.0 Å². The summed E-state index contributed by atoms with van der Waals surface area (Å²) in [7, 11) is 3.62. The highest BCUT2D eigenvalue weighted by molar-refractivity contribution is 6.07. The zero-order valence-corrected chi connectivity index (χ0v) is 17.1. The monoisotopic (exact) mass is 395 g/mol. The number of aromatic nitrogens is 3. The van der Waals surface area contributed by atoms with Gasteiger partial charge < -0.3 is 4.90 Å². The van der Waals surface area contributed by atoms with E-state index in [2.05, 4.69) is 11.2 Å². The first-order chi connectivity index (χ1) is 14.5. The summed E-state index contributed by atoms with van der Waals surface area (Å²) >= 11 is 0. The minimum atomic E-state index is -0.0972. The van der Waals surface area contributed by atoms with E-state index in [1.165, 1.54) is 0 Å². The van der Waals surface area contributed by atoms with E-state index in [-0.39, 0.29) is 5.91 Å². The molecule has 2 aromatic carbocycles. The minimum Gasteiger partial charge on any atom is -0.337 e. The Kier molecular flexibility index (Phi) is 5.03. The molecule has 0 aliphatic carbocycles. The third-order valence-corrected chi connectivity index (χ3v) is 5.12. The fourth-order valence-electron chi connectivity index (χ4n) is 3.61. The molecule has 0 spiro atoms. The van der Waals surface area contributed by atoms with Crippen LogP contribution in [0.5, 0.6) is 0 Å². The van der Waals surface area contributed by atoms with Gasteiger partial charge in [-0.15, -0.1) is 0 Å². The van der Waals surface area contributed by atoms with Crippen LogP contribution >= 0.6 is 0 Å². The van der Waals surface area contributed by atoms with Crippen LogP contribution in [-0.2, 0) is 13.6 Å². The van der Waals surface area contributed by atoms with Crippen LogP contribution in [0.25, 0.3) is 22.3 Å². The lowest BCUT2D eigenvalue weighted by Gasteiger charge is -2.18. The maximum Gasteiger partial charge on any atom is 0.254 e. The molecule has 0 bridgehead atoms. The van der Waals surface area contributed by atoms with Gasteiger partial charge in [0.25, 0.3) is 5.91 Å². The topological polar surface area (TPSA) is 74.8 Å². The van der Waals surface area contributed by atoms with Crippen LogP contribution in [0.3, 0.4) is 0 Å². The summed E-state index contributed by atoms with van der Waals surface area (Å²) in [4.78, 5) is 19.9. The number of hydrogen-bond acceptors (Lipinski definition) is 4. The van der Waals surface area contributed by atoms with E-state index in [4.69, 9.17) is 10.2 Å². The van der Waals surface area contributed by atoms with Crippen LogP contribution in [0.2, 0.25) is 0 Å². The van der Waals surface area contributed by atoms with Gasteiger partial charge in [-0.2, -0.15) is 10.4 Å². The molecule has 0 saturated carbocycles. The number of amides is 1. The molecule has 148 valence electrons. The molecule has 0 aliphatic heterocycles. The Balaban J connectivity index is 1.76. The van der Waals surface area contributed by atoms with Crippen LogP contribution in [-0.4, -0.2) is 32.6 Å². The lowest BCUT2D eigenvalue weighted by molar-refractivity contribution is 0.0787. The van der Waals surface area contributed by atoms with Crippen molar-refractivity contribution in [3.8, 4) is 17.3 Å². The highest BCUT2D eigenvalue weighted by atomic mass is 16.2. The zero-order valence-electron chi connectivity index (χ0n) is 17.1. The van der Waals surface area contributed by atoms with Gasteiger partial charge in [0.15, 0.2) is 5.65 Å².